The van der Waals surface area contributed by atoms with Gasteiger partial charge < -0.3 is 26.2 Å². The molecule has 4 fully saturated rings. The number of rotatable bonds is 17. The van der Waals surface area contributed by atoms with Gasteiger partial charge in [-0.2, -0.15) is 0 Å². The van der Waals surface area contributed by atoms with E-state index in [4.69, 9.17) is 10.5 Å². The van der Waals surface area contributed by atoms with E-state index in [0.717, 1.165) is 39.0 Å². The van der Waals surface area contributed by atoms with Gasteiger partial charge in [0.25, 0.3) is 0 Å². The number of unbranched alkanes of at least 4 members (excludes halogenated alkanes) is 5. The molecule has 0 spiro atoms. The highest BCUT2D eigenvalue weighted by Gasteiger charge is 2.62. The predicted molar refractivity (Wildman–Crippen MR) is 173 cm³/mol. The first-order valence-corrected chi connectivity index (χ1v) is 18.1. The van der Waals surface area contributed by atoms with Crippen molar-refractivity contribution < 1.29 is 14.6 Å². The van der Waals surface area contributed by atoms with Crippen molar-refractivity contribution >= 4 is 5.97 Å². The number of methoxy groups -OCH3 is 1. The molecule has 244 valence electrons. The third-order valence-electron chi connectivity index (χ3n) is 13.2. The van der Waals surface area contributed by atoms with Crippen LogP contribution in [0.4, 0.5) is 0 Å². The molecule has 42 heavy (non-hydrogen) atoms. The molecule has 4 rings (SSSR count). The van der Waals surface area contributed by atoms with Crippen molar-refractivity contribution in [1.29, 1.82) is 0 Å². The van der Waals surface area contributed by atoms with Gasteiger partial charge >= 0.3 is 5.97 Å². The van der Waals surface area contributed by atoms with E-state index in [9.17, 15) is 9.90 Å². The molecule has 0 amide bonds. The highest BCUT2D eigenvalue weighted by atomic mass is 16.5. The molecular weight excluding hydrogens is 522 g/mol. The minimum absolute atomic E-state index is 0.0791. The van der Waals surface area contributed by atoms with Crippen molar-refractivity contribution in [3.63, 3.8) is 0 Å². The third-order valence-corrected chi connectivity index (χ3v) is 13.2. The summed E-state index contributed by atoms with van der Waals surface area (Å²) < 4.78 is 4.93. The number of nitrogens with two attached hydrogens (primary N) is 1. The summed E-state index contributed by atoms with van der Waals surface area (Å²) in [5.41, 5.74) is 6.26. The molecule has 6 nitrogen and oxygen atoms in total. The quantitative estimate of drug-likeness (QED) is 0.115. The molecule has 3 unspecified atom stereocenters. The number of nitrogens with one attached hydrogen (secondary N) is 2. The normalized spacial score (nSPS) is 38.4. The Morgan fingerprint density at radius 2 is 1.60 bits per heavy atom. The summed E-state index contributed by atoms with van der Waals surface area (Å²) in [5.74, 6) is 3.52. The number of hydrogen-bond acceptors (Lipinski definition) is 6. The second kappa shape index (κ2) is 16.0. The van der Waals surface area contributed by atoms with Gasteiger partial charge in [0.15, 0.2) is 0 Å². The molecule has 0 bridgehead atoms. The van der Waals surface area contributed by atoms with E-state index < -0.39 is 0 Å². The second-order valence-corrected chi connectivity index (χ2v) is 15.6. The molecule has 4 aliphatic rings. The van der Waals surface area contributed by atoms with E-state index in [0.29, 0.717) is 58.8 Å². The van der Waals surface area contributed by atoms with Crippen LogP contribution >= 0.6 is 0 Å². The number of hydrogen-bond donors (Lipinski definition) is 4. The minimum Gasteiger partial charge on any atom is -0.469 e. The molecule has 4 saturated carbocycles. The van der Waals surface area contributed by atoms with Gasteiger partial charge in [-0.25, -0.2) is 0 Å². The molecule has 0 saturated heterocycles. The zero-order valence-corrected chi connectivity index (χ0v) is 27.8. The summed E-state index contributed by atoms with van der Waals surface area (Å²) in [6.07, 6.45) is 20.2. The third kappa shape index (κ3) is 7.93. The largest absolute Gasteiger partial charge is 0.469 e. The number of fused-ring (bicyclic) bond motifs is 5. The van der Waals surface area contributed by atoms with Gasteiger partial charge in [-0.05, 0) is 150 Å². The molecule has 4 aliphatic carbocycles. The highest BCUT2D eigenvalue weighted by molar-refractivity contribution is 5.69. The van der Waals surface area contributed by atoms with E-state index in [2.05, 4.69) is 31.4 Å². The van der Waals surface area contributed by atoms with Crippen molar-refractivity contribution in [1.82, 2.24) is 10.6 Å². The molecule has 0 aromatic rings. The zero-order chi connectivity index (χ0) is 30.2. The molecule has 0 aromatic heterocycles. The second-order valence-electron chi connectivity index (χ2n) is 15.6. The van der Waals surface area contributed by atoms with Gasteiger partial charge in [0, 0.05) is 12.5 Å². The maximum absolute atomic E-state index is 11.8. The average molecular weight is 590 g/mol. The predicted octanol–water partition coefficient (Wildman–Crippen LogP) is 6.44. The van der Waals surface area contributed by atoms with Crippen molar-refractivity contribution in [2.24, 2.45) is 52.1 Å². The van der Waals surface area contributed by atoms with Gasteiger partial charge in [-0.3, -0.25) is 4.79 Å². The fraction of sp³-hybridized carbons (Fsp3) is 0.972. The van der Waals surface area contributed by atoms with Crippen LogP contribution < -0.4 is 16.4 Å². The number of aliphatic hydroxyl groups excluding tert-OH is 1. The molecule has 10 atom stereocenters. The van der Waals surface area contributed by atoms with Crippen LogP contribution in [0.1, 0.15) is 130 Å². The summed E-state index contributed by atoms with van der Waals surface area (Å²) in [7, 11) is 1.50. The molecule has 5 N–H and O–H groups in total. The molecule has 0 heterocycles. The Bertz CT molecular complexity index is 825. The smallest absolute Gasteiger partial charge is 0.305 e. The lowest BCUT2D eigenvalue weighted by molar-refractivity contribution is -0.167. The maximum atomic E-state index is 11.8. The first-order chi connectivity index (χ1) is 20.2. The van der Waals surface area contributed by atoms with Crippen LogP contribution in [0, 0.1) is 46.3 Å². The number of carbonyl (C=O) groups is 1. The number of aliphatic hydroxyl groups is 1. The van der Waals surface area contributed by atoms with Crippen LogP contribution in [-0.2, 0) is 9.53 Å². The summed E-state index contributed by atoms with van der Waals surface area (Å²) in [6, 6.07) is 0.612. The van der Waals surface area contributed by atoms with E-state index in [1.807, 2.05) is 0 Å². The van der Waals surface area contributed by atoms with Gasteiger partial charge in [0.1, 0.15) is 0 Å². The highest BCUT2D eigenvalue weighted by Crippen LogP contribution is 2.68. The number of ether oxygens (including phenoxy) is 1. The lowest BCUT2D eigenvalue weighted by atomic mass is 9.43. The van der Waals surface area contributed by atoms with Gasteiger partial charge in [-0.15, -0.1) is 0 Å². The molecule has 0 aromatic carbocycles. The van der Waals surface area contributed by atoms with E-state index in [-0.39, 0.29) is 12.1 Å². The van der Waals surface area contributed by atoms with Crippen LogP contribution in [0.15, 0.2) is 0 Å². The summed E-state index contributed by atoms with van der Waals surface area (Å²) in [6.45, 7) is 11.7. The Labute approximate surface area is 258 Å². The van der Waals surface area contributed by atoms with E-state index >= 15 is 0 Å². The maximum Gasteiger partial charge on any atom is 0.305 e. The summed E-state index contributed by atoms with van der Waals surface area (Å²) in [4.78, 5) is 11.8. The van der Waals surface area contributed by atoms with Gasteiger partial charge in [0.2, 0.25) is 0 Å². The fourth-order valence-corrected chi connectivity index (χ4v) is 10.8. The lowest BCUT2D eigenvalue weighted by Gasteiger charge is -2.62. The number of esters is 1. The molecule has 0 radical (unpaired) electrons. The molecule has 0 aliphatic heterocycles. The monoisotopic (exact) mass is 590 g/mol. The Balaban J connectivity index is 1.20. The van der Waals surface area contributed by atoms with E-state index in [1.54, 1.807) is 0 Å². The standard InChI is InChI=1S/C36H67N3O3/c1-26(12-15-33(41)42-4)29-13-14-30-34-31(17-19-36(29,30)3)35(2)18-16-28(24-27(35)25-32(34)40)39-23-11-22-38-21-10-8-6-5-7-9-20-37/h26-32,34,38-40H,5-25,37H2,1-4H3/t26-,27-,28+,29-,30?,31?,32+,34?,35+,36-/m1/s1. The lowest BCUT2D eigenvalue weighted by Crippen LogP contribution is -2.59. The molecule has 6 heteroatoms. The SMILES string of the molecule is COC(=O)CC[C@@H](C)[C@H]1CCC2C3C(CC[C@@]21C)[C@@]1(C)CC[C@H](NCCCNCCCCCCCCN)C[C@@H]1C[C@@H]3O. The topological polar surface area (TPSA) is 96.6 Å². The first kappa shape index (κ1) is 34.2. The van der Waals surface area contributed by atoms with Crippen LogP contribution in [0.25, 0.3) is 0 Å². The zero-order valence-electron chi connectivity index (χ0n) is 27.8. The van der Waals surface area contributed by atoms with E-state index in [1.165, 1.54) is 97.0 Å². The van der Waals surface area contributed by atoms with Crippen LogP contribution in [0.3, 0.4) is 0 Å². The first-order valence-electron chi connectivity index (χ1n) is 18.1. The van der Waals surface area contributed by atoms with Gasteiger partial charge in [0.05, 0.1) is 13.2 Å². The minimum atomic E-state index is -0.148. The van der Waals surface area contributed by atoms with Crippen molar-refractivity contribution in [2.75, 3.05) is 33.3 Å². The number of carbonyl (C=O) groups excluding carboxylic acids is 1. The van der Waals surface area contributed by atoms with Crippen molar-refractivity contribution in [2.45, 2.75) is 142 Å². The van der Waals surface area contributed by atoms with Crippen LogP contribution in [-0.4, -0.2) is 56.5 Å². The van der Waals surface area contributed by atoms with Crippen LogP contribution in [0.5, 0.6) is 0 Å². The Kier molecular flexibility index (Phi) is 13.1. The molecular formula is C36H67N3O3. The summed E-state index contributed by atoms with van der Waals surface area (Å²) in [5, 5.41) is 19.3. The average Bonchev–Trinajstić information content (AvgIpc) is 3.34. The van der Waals surface area contributed by atoms with Crippen molar-refractivity contribution in [3.05, 3.63) is 0 Å². The van der Waals surface area contributed by atoms with Gasteiger partial charge in [-0.1, -0.05) is 46.5 Å². The summed E-state index contributed by atoms with van der Waals surface area (Å²) >= 11 is 0. The Morgan fingerprint density at radius 1 is 0.905 bits per heavy atom. The van der Waals surface area contributed by atoms with Crippen LogP contribution in [0.2, 0.25) is 0 Å². The fourth-order valence-electron chi connectivity index (χ4n) is 10.8. The van der Waals surface area contributed by atoms with Crippen molar-refractivity contribution in [3.8, 4) is 0 Å². The Hall–Kier alpha value is -0.690. The Morgan fingerprint density at radius 3 is 2.36 bits per heavy atom.